The topological polar surface area (TPSA) is 171 Å². The monoisotopic (exact) mass is 564 g/mol. The number of hydrogen-bond donors (Lipinski definition) is 5. The van der Waals surface area contributed by atoms with Crippen LogP contribution in [0.2, 0.25) is 0 Å². The van der Waals surface area contributed by atoms with Crippen molar-refractivity contribution >= 4 is 35.6 Å². The zero-order valence-corrected chi connectivity index (χ0v) is 22.6. The molecule has 0 unspecified atom stereocenters. The van der Waals surface area contributed by atoms with Crippen molar-refractivity contribution in [1.82, 2.24) is 25.4 Å². The van der Waals surface area contributed by atoms with Crippen LogP contribution in [0.15, 0.2) is 72.9 Å². The third-order valence-electron chi connectivity index (χ3n) is 5.81. The maximum absolute atomic E-state index is 12.9. The van der Waals surface area contributed by atoms with Crippen molar-refractivity contribution in [3.05, 3.63) is 89.7 Å². The normalized spacial score (nSPS) is 11.1. The number of nitrogens with one attached hydrogen (secondary N) is 4. The predicted molar refractivity (Wildman–Crippen MR) is 149 cm³/mol. The molecule has 216 valence electrons. The van der Waals surface area contributed by atoms with E-state index < -0.39 is 42.5 Å². The average molecular weight is 565 g/mol. The molecule has 0 radical (unpaired) electrons. The first kappa shape index (κ1) is 30.2. The number of anilines is 1. The summed E-state index contributed by atoms with van der Waals surface area (Å²) in [5.74, 6) is -2.51. The minimum absolute atomic E-state index is 0.0486. The van der Waals surface area contributed by atoms with Gasteiger partial charge in [-0.05, 0) is 17.2 Å². The third-order valence-corrected chi connectivity index (χ3v) is 5.81. The predicted octanol–water partition coefficient (Wildman–Crippen LogP) is 1.91. The van der Waals surface area contributed by atoms with Crippen LogP contribution in [0.25, 0.3) is 0 Å². The van der Waals surface area contributed by atoms with Crippen LogP contribution >= 0.6 is 0 Å². The molecule has 0 aliphatic carbocycles. The lowest BCUT2D eigenvalue weighted by Gasteiger charge is -2.19. The van der Waals surface area contributed by atoms with Gasteiger partial charge < -0.3 is 40.6 Å². The van der Waals surface area contributed by atoms with Gasteiger partial charge in [0.25, 0.3) is 5.91 Å². The van der Waals surface area contributed by atoms with E-state index in [1.807, 2.05) is 30.3 Å². The maximum atomic E-state index is 12.9. The Labute approximate surface area is 236 Å². The van der Waals surface area contributed by atoms with Gasteiger partial charge in [-0.25, -0.2) is 14.4 Å². The maximum Gasteiger partial charge on any atom is 0.408 e. The molecule has 13 heteroatoms. The highest BCUT2D eigenvalue weighted by molar-refractivity contribution is 5.97. The third kappa shape index (κ3) is 9.73. The minimum Gasteiger partial charge on any atom is -0.480 e. The minimum atomic E-state index is -1.45. The second-order valence-corrected chi connectivity index (χ2v) is 9.08. The number of hydrogen-bond acceptors (Lipinski definition) is 6. The lowest BCUT2D eigenvalue weighted by atomic mass is 10.2. The number of rotatable bonds is 12. The van der Waals surface area contributed by atoms with Gasteiger partial charge in [0.05, 0.1) is 12.2 Å². The van der Waals surface area contributed by atoms with Crippen molar-refractivity contribution in [1.29, 1.82) is 0 Å². The number of carbonyl (C=O) groups is 5. The van der Waals surface area contributed by atoms with Crippen LogP contribution in [-0.2, 0) is 34.5 Å². The van der Waals surface area contributed by atoms with Crippen molar-refractivity contribution in [3.8, 4) is 0 Å². The number of carboxylic acids is 1. The number of alkyl carbamates (subject to hydrolysis) is 1. The van der Waals surface area contributed by atoms with Crippen LogP contribution in [0.3, 0.4) is 0 Å². The second-order valence-electron chi connectivity index (χ2n) is 9.08. The molecule has 0 spiro atoms. The fourth-order valence-electron chi connectivity index (χ4n) is 3.66. The van der Waals surface area contributed by atoms with Crippen molar-refractivity contribution in [2.75, 3.05) is 25.5 Å². The number of carbonyl (C=O) groups excluding carboxylic acids is 4. The lowest BCUT2D eigenvalue weighted by Crippen LogP contribution is -2.50. The molecule has 1 heterocycles. The summed E-state index contributed by atoms with van der Waals surface area (Å²) in [6, 6.07) is 17.8. The molecule has 1 aromatic heterocycles. The largest absolute Gasteiger partial charge is 0.480 e. The molecule has 0 fully saturated rings. The molecule has 1 atom stereocenters. The molecular formula is C28H32N6O7. The Kier molecular flexibility index (Phi) is 10.8. The number of aromatic nitrogens is 1. The molecule has 0 saturated carbocycles. The zero-order chi connectivity index (χ0) is 29.8. The standard InChI is InChI=1S/C28H32N6O7/c1-33-16-21(31-27(39)30-14-19-9-5-3-6-10-19)13-23(33)25(36)34(2)17-24(35)29-15-22(26(37)38)32-28(40)41-18-20-11-7-4-8-12-20/h3-13,16,22H,14-15,17-18H2,1-2H3,(H,29,35)(H,32,40)(H,37,38)(H2,30,31,39)/t22-/m0/s1. The molecule has 0 aliphatic heterocycles. The van der Waals surface area contributed by atoms with Gasteiger partial charge in [0, 0.05) is 33.4 Å². The number of nitrogens with zero attached hydrogens (tertiary/aromatic N) is 2. The van der Waals surface area contributed by atoms with E-state index in [1.165, 1.54) is 17.7 Å². The number of benzene rings is 2. The van der Waals surface area contributed by atoms with E-state index in [0.717, 1.165) is 16.0 Å². The van der Waals surface area contributed by atoms with E-state index in [1.54, 1.807) is 43.6 Å². The number of aliphatic carboxylic acids is 1. The summed E-state index contributed by atoms with van der Waals surface area (Å²) in [6.07, 6.45) is 0.605. The fourth-order valence-corrected chi connectivity index (χ4v) is 3.66. The van der Waals surface area contributed by atoms with Crippen LogP contribution in [-0.4, -0.2) is 70.7 Å². The number of carboxylic acid groups (broad SMARTS) is 1. The van der Waals surface area contributed by atoms with E-state index in [2.05, 4.69) is 21.3 Å². The molecule has 5 amide bonds. The van der Waals surface area contributed by atoms with Gasteiger partial charge >= 0.3 is 18.1 Å². The smallest absolute Gasteiger partial charge is 0.408 e. The number of ether oxygens (including phenoxy) is 1. The van der Waals surface area contributed by atoms with Gasteiger partial charge in [0.2, 0.25) is 5.91 Å². The Morgan fingerprint density at radius 1 is 0.951 bits per heavy atom. The summed E-state index contributed by atoms with van der Waals surface area (Å²) >= 11 is 0. The highest BCUT2D eigenvalue weighted by atomic mass is 16.5. The van der Waals surface area contributed by atoms with Crippen molar-refractivity contribution in [3.63, 3.8) is 0 Å². The lowest BCUT2D eigenvalue weighted by molar-refractivity contribution is -0.139. The molecule has 0 bridgehead atoms. The van der Waals surface area contributed by atoms with Crippen LogP contribution in [0.4, 0.5) is 15.3 Å². The molecule has 5 N–H and O–H groups in total. The van der Waals surface area contributed by atoms with E-state index in [0.29, 0.717) is 12.2 Å². The average Bonchev–Trinajstić information content (AvgIpc) is 3.32. The van der Waals surface area contributed by atoms with Gasteiger partial charge in [-0.3, -0.25) is 9.59 Å². The number of aryl methyl sites for hydroxylation is 1. The summed E-state index contributed by atoms with van der Waals surface area (Å²) in [7, 11) is 3.02. The molecular weight excluding hydrogens is 532 g/mol. The highest BCUT2D eigenvalue weighted by Crippen LogP contribution is 2.14. The molecule has 41 heavy (non-hydrogen) atoms. The van der Waals surface area contributed by atoms with Gasteiger partial charge in [-0.2, -0.15) is 0 Å². The summed E-state index contributed by atoms with van der Waals surface area (Å²) in [5.41, 5.74) is 2.25. The molecule has 0 saturated heterocycles. The van der Waals surface area contributed by atoms with E-state index in [-0.39, 0.29) is 18.8 Å². The van der Waals surface area contributed by atoms with E-state index >= 15 is 0 Å². The molecule has 3 aromatic rings. The summed E-state index contributed by atoms with van der Waals surface area (Å²) in [5, 5.41) is 19.4. The van der Waals surface area contributed by atoms with Crippen molar-refractivity contribution in [2.45, 2.75) is 19.2 Å². The van der Waals surface area contributed by atoms with Gasteiger partial charge in [0.15, 0.2) is 0 Å². The van der Waals surface area contributed by atoms with E-state index in [4.69, 9.17) is 4.74 Å². The van der Waals surface area contributed by atoms with Gasteiger partial charge in [0.1, 0.15) is 18.3 Å². The Morgan fingerprint density at radius 2 is 1.59 bits per heavy atom. The fraction of sp³-hybridized carbons (Fsp3) is 0.250. The Bertz CT molecular complexity index is 1360. The van der Waals surface area contributed by atoms with Crippen LogP contribution in [0, 0.1) is 0 Å². The van der Waals surface area contributed by atoms with Crippen LogP contribution in [0.5, 0.6) is 0 Å². The van der Waals surface area contributed by atoms with Crippen LogP contribution in [0.1, 0.15) is 21.6 Å². The van der Waals surface area contributed by atoms with E-state index in [9.17, 15) is 29.1 Å². The van der Waals surface area contributed by atoms with Gasteiger partial charge in [-0.1, -0.05) is 60.7 Å². The second kappa shape index (κ2) is 14.7. The van der Waals surface area contributed by atoms with Gasteiger partial charge in [-0.15, -0.1) is 0 Å². The summed E-state index contributed by atoms with van der Waals surface area (Å²) in [4.78, 5) is 62.3. The highest BCUT2D eigenvalue weighted by Gasteiger charge is 2.23. The van der Waals surface area contributed by atoms with Crippen molar-refractivity contribution in [2.24, 2.45) is 7.05 Å². The Hall–Kier alpha value is -5.33. The molecule has 3 rings (SSSR count). The Balaban J connectivity index is 1.45. The summed E-state index contributed by atoms with van der Waals surface area (Å²) in [6.45, 7) is -0.522. The molecule has 2 aromatic carbocycles. The first-order chi connectivity index (χ1) is 19.6. The quantitative estimate of drug-likeness (QED) is 0.224. The number of urea groups is 1. The number of likely N-dealkylation sites (N-methyl/N-ethyl adjacent to an activating group) is 1. The molecule has 13 nitrogen and oxygen atoms in total. The zero-order valence-electron chi connectivity index (χ0n) is 22.6. The SMILES string of the molecule is CN(CC(=O)NC[C@H](NC(=O)OCc1ccccc1)C(=O)O)C(=O)c1cc(NC(=O)NCc2ccccc2)cn1C. The molecule has 0 aliphatic rings. The van der Waals surface area contributed by atoms with Crippen molar-refractivity contribution < 1.29 is 33.8 Å². The van der Waals surface area contributed by atoms with Crippen LogP contribution < -0.4 is 21.3 Å². The summed E-state index contributed by atoms with van der Waals surface area (Å²) < 4.78 is 6.53. The first-order valence-electron chi connectivity index (χ1n) is 12.6. The number of amides is 5. The first-order valence-corrected chi connectivity index (χ1v) is 12.6. The Morgan fingerprint density at radius 3 is 2.22 bits per heavy atom.